The van der Waals surface area contributed by atoms with Gasteiger partial charge in [0, 0.05) is 0 Å². The van der Waals surface area contributed by atoms with E-state index >= 15 is 0 Å². The van der Waals surface area contributed by atoms with E-state index in [0.717, 1.165) is 10.5 Å². The van der Waals surface area contributed by atoms with Gasteiger partial charge in [0.1, 0.15) is 17.7 Å². The average Bonchev–Trinajstić information content (AvgIpc) is 2.57. The Labute approximate surface area is 160 Å². The summed E-state index contributed by atoms with van der Waals surface area (Å²) in [7, 11) is 0. The number of nitrogens with zero attached hydrogens (tertiary/aromatic N) is 1. The van der Waals surface area contributed by atoms with Gasteiger partial charge in [-0.2, -0.15) is 0 Å². The lowest BCUT2D eigenvalue weighted by molar-refractivity contribution is -0.154. The number of benzene rings is 1. The molecule has 150 valence electrons. The Balaban J connectivity index is 3.16. The maximum Gasteiger partial charge on any atom is 0.411 e. The Kier molecular flexibility index (Phi) is 8.28. The van der Waals surface area contributed by atoms with Crippen molar-refractivity contribution in [3.8, 4) is 0 Å². The highest BCUT2D eigenvalue weighted by atomic mass is 16.6. The second-order valence-electron chi connectivity index (χ2n) is 7.19. The van der Waals surface area contributed by atoms with Gasteiger partial charge in [-0.3, -0.25) is 4.90 Å². The van der Waals surface area contributed by atoms with Gasteiger partial charge in [0.2, 0.25) is 0 Å². The SMILES string of the molecule is CCOC(=O)C(CCc1ccccc1)N(C(=O)OC(C)(C)C)[C@@H](C)C(=O)O. The van der Waals surface area contributed by atoms with Gasteiger partial charge in [0.25, 0.3) is 0 Å². The van der Waals surface area contributed by atoms with E-state index in [0.29, 0.717) is 6.42 Å². The minimum Gasteiger partial charge on any atom is -0.480 e. The Morgan fingerprint density at radius 2 is 1.74 bits per heavy atom. The van der Waals surface area contributed by atoms with Gasteiger partial charge < -0.3 is 14.6 Å². The van der Waals surface area contributed by atoms with Crippen molar-refractivity contribution in [2.45, 2.75) is 65.1 Å². The van der Waals surface area contributed by atoms with Crippen molar-refractivity contribution < 1.29 is 29.0 Å². The van der Waals surface area contributed by atoms with Gasteiger partial charge in [0.05, 0.1) is 6.61 Å². The van der Waals surface area contributed by atoms with Crippen molar-refractivity contribution in [2.24, 2.45) is 0 Å². The van der Waals surface area contributed by atoms with E-state index < -0.39 is 35.7 Å². The summed E-state index contributed by atoms with van der Waals surface area (Å²) in [5, 5.41) is 9.44. The number of hydrogen-bond donors (Lipinski definition) is 1. The van der Waals surface area contributed by atoms with Crippen LogP contribution in [0.3, 0.4) is 0 Å². The maximum absolute atomic E-state index is 12.7. The molecule has 2 atom stereocenters. The number of rotatable bonds is 8. The van der Waals surface area contributed by atoms with E-state index in [9.17, 15) is 19.5 Å². The van der Waals surface area contributed by atoms with Gasteiger partial charge in [0.15, 0.2) is 0 Å². The first-order valence-electron chi connectivity index (χ1n) is 9.01. The number of aryl methyl sites for hydroxylation is 1. The zero-order valence-electron chi connectivity index (χ0n) is 16.6. The summed E-state index contributed by atoms with van der Waals surface area (Å²) in [5.74, 6) is -1.87. The van der Waals surface area contributed by atoms with Crippen LogP contribution in [0.15, 0.2) is 30.3 Å². The number of carbonyl (C=O) groups excluding carboxylic acids is 2. The smallest absolute Gasteiger partial charge is 0.411 e. The van der Waals surface area contributed by atoms with E-state index in [-0.39, 0.29) is 13.0 Å². The van der Waals surface area contributed by atoms with Crippen LogP contribution in [0, 0.1) is 0 Å². The Hall–Kier alpha value is -2.57. The van der Waals surface area contributed by atoms with E-state index in [1.165, 1.54) is 6.92 Å². The first kappa shape index (κ1) is 22.5. The standard InChI is InChI=1S/C20H29NO6/c1-6-26-18(24)16(13-12-15-10-8-7-9-11-15)21(14(2)17(22)23)19(25)27-20(3,4)5/h7-11,14,16H,6,12-13H2,1-5H3,(H,22,23)/t14-,16?/m0/s1. The maximum atomic E-state index is 12.7. The molecule has 0 saturated carbocycles. The van der Waals surface area contributed by atoms with Gasteiger partial charge in [-0.1, -0.05) is 30.3 Å². The van der Waals surface area contributed by atoms with Crippen LogP contribution in [0.1, 0.15) is 46.6 Å². The summed E-state index contributed by atoms with van der Waals surface area (Å²) in [6.07, 6.45) is -0.154. The molecule has 7 heteroatoms. The largest absolute Gasteiger partial charge is 0.480 e. The van der Waals surface area contributed by atoms with Crippen LogP contribution in [0.2, 0.25) is 0 Å². The molecule has 0 spiro atoms. The molecule has 0 aromatic heterocycles. The van der Waals surface area contributed by atoms with Crippen LogP contribution < -0.4 is 0 Å². The molecule has 0 bridgehead atoms. The molecule has 1 N–H and O–H groups in total. The summed E-state index contributed by atoms with van der Waals surface area (Å²) < 4.78 is 10.5. The number of esters is 1. The molecule has 27 heavy (non-hydrogen) atoms. The predicted molar refractivity (Wildman–Crippen MR) is 100 cm³/mol. The molecular formula is C20H29NO6. The molecule has 1 aromatic carbocycles. The number of ether oxygens (including phenoxy) is 2. The molecule has 1 rings (SSSR count). The topological polar surface area (TPSA) is 93.1 Å². The Bertz CT molecular complexity index is 638. The molecule has 1 aromatic rings. The quantitative estimate of drug-likeness (QED) is 0.697. The zero-order valence-corrected chi connectivity index (χ0v) is 16.6. The van der Waals surface area contributed by atoms with Crippen molar-refractivity contribution in [3.63, 3.8) is 0 Å². The number of aliphatic carboxylic acids is 1. The van der Waals surface area contributed by atoms with E-state index in [4.69, 9.17) is 9.47 Å². The van der Waals surface area contributed by atoms with Crippen LogP contribution in [-0.4, -0.2) is 52.3 Å². The number of amides is 1. The van der Waals surface area contributed by atoms with Crippen molar-refractivity contribution in [1.29, 1.82) is 0 Å². The fourth-order valence-corrected chi connectivity index (χ4v) is 2.55. The average molecular weight is 379 g/mol. The van der Waals surface area contributed by atoms with Gasteiger partial charge in [-0.15, -0.1) is 0 Å². The lowest BCUT2D eigenvalue weighted by Crippen LogP contribution is -2.54. The number of carbonyl (C=O) groups is 3. The third-order valence-electron chi connectivity index (χ3n) is 3.82. The molecule has 0 heterocycles. The van der Waals surface area contributed by atoms with Crippen molar-refractivity contribution >= 4 is 18.0 Å². The van der Waals surface area contributed by atoms with Crippen LogP contribution in [0.4, 0.5) is 4.79 Å². The number of carboxylic acids is 1. The number of carboxylic acid groups (broad SMARTS) is 1. The zero-order chi connectivity index (χ0) is 20.6. The lowest BCUT2D eigenvalue weighted by Gasteiger charge is -2.34. The first-order valence-corrected chi connectivity index (χ1v) is 9.01. The monoisotopic (exact) mass is 379 g/mol. The van der Waals surface area contributed by atoms with Gasteiger partial charge >= 0.3 is 18.0 Å². The summed E-state index contributed by atoms with van der Waals surface area (Å²) in [4.78, 5) is 37.8. The Morgan fingerprint density at radius 3 is 2.22 bits per heavy atom. The predicted octanol–water partition coefficient (Wildman–Crippen LogP) is 3.26. The molecule has 1 amide bonds. The summed E-state index contributed by atoms with van der Waals surface area (Å²) in [6.45, 7) is 8.17. The molecule has 0 aliphatic heterocycles. The second kappa shape index (κ2) is 9.94. The molecular weight excluding hydrogens is 350 g/mol. The molecule has 0 fully saturated rings. The second-order valence-corrected chi connectivity index (χ2v) is 7.19. The first-order chi connectivity index (χ1) is 12.6. The molecule has 7 nitrogen and oxygen atoms in total. The summed E-state index contributed by atoms with van der Waals surface area (Å²) >= 11 is 0. The lowest BCUT2D eigenvalue weighted by atomic mass is 10.0. The molecule has 1 unspecified atom stereocenters. The number of hydrogen-bond acceptors (Lipinski definition) is 5. The van der Waals surface area contributed by atoms with E-state index in [2.05, 4.69) is 0 Å². The van der Waals surface area contributed by atoms with Crippen molar-refractivity contribution in [2.75, 3.05) is 6.61 Å². The summed E-state index contributed by atoms with van der Waals surface area (Å²) in [5.41, 5.74) is 0.144. The van der Waals surface area contributed by atoms with Crippen molar-refractivity contribution in [3.05, 3.63) is 35.9 Å². The van der Waals surface area contributed by atoms with E-state index in [1.807, 2.05) is 30.3 Å². The van der Waals surface area contributed by atoms with Gasteiger partial charge in [-0.05, 0) is 53.0 Å². The molecule has 0 saturated heterocycles. The highest BCUT2D eigenvalue weighted by Gasteiger charge is 2.39. The normalized spacial score (nSPS) is 13.4. The minimum atomic E-state index is -1.25. The van der Waals surface area contributed by atoms with Crippen LogP contribution in [0.25, 0.3) is 0 Å². The van der Waals surface area contributed by atoms with E-state index in [1.54, 1.807) is 27.7 Å². The fraction of sp³-hybridized carbons (Fsp3) is 0.550. The highest BCUT2D eigenvalue weighted by molar-refractivity contribution is 5.86. The fourth-order valence-electron chi connectivity index (χ4n) is 2.55. The third-order valence-corrected chi connectivity index (χ3v) is 3.82. The summed E-state index contributed by atoms with van der Waals surface area (Å²) in [6, 6.07) is 7.13. The molecule has 0 radical (unpaired) electrons. The Morgan fingerprint density at radius 1 is 1.15 bits per heavy atom. The van der Waals surface area contributed by atoms with Crippen molar-refractivity contribution in [1.82, 2.24) is 4.90 Å². The third kappa shape index (κ3) is 7.29. The molecule has 0 aliphatic carbocycles. The van der Waals surface area contributed by atoms with Crippen LogP contribution in [-0.2, 0) is 25.5 Å². The van der Waals surface area contributed by atoms with Crippen LogP contribution in [0.5, 0.6) is 0 Å². The van der Waals surface area contributed by atoms with Crippen LogP contribution >= 0.6 is 0 Å². The molecule has 0 aliphatic rings. The highest BCUT2D eigenvalue weighted by Crippen LogP contribution is 2.20. The van der Waals surface area contributed by atoms with Gasteiger partial charge in [-0.25, -0.2) is 14.4 Å². The minimum absolute atomic E-state index is 0.129.